The number of nitrogens with two attached hydrogens (primary N) is 1. The lowest BCUT2D eigenvalue weighted by Gasteiger charge is -2.08. The Labute approximate surface area is 115 Å². The highest BCUT2D eigenvalue weighted by molar-refractivity contribution is 6.05. The maximum absolute atomic E-state index is 12.0. The predicted molar refractivity (Wildman–Crippen MR) is 81.8 cm³/mol. The number of rotatable bonds is 2. The fourth-order valence-electron chi connectivity index (χ4n) is 2.05. The number of anilines is 3. The minimum atomic E-state index is -0.288. The smallest absolute Gasteiger partial charge is 0.323 e. The lowest BCUT2D eigenvalue weighted by molar-refractivity contribution is 0.262. The van der Waals surface area contributed by atoms with Gasteiger partial charge < -0.3 is 21.4 Å². The first kappa shape index (κ1) is 12.1. The number of hydrogen-bond acceptors (Lipinski definition) is 2. The topological polar surface area (TPSA) is 82.9 Å². The highest BCUT2D eigenvalue weighted by Crippen LogP contribution is 2.22. The van der Waals surface area contributed by atoms with Crippen LogP contribution in [-0.2, 0) is 0 Å². The molecule has 20 heavy (non-hydrogen) atoms. The SMILES string of the molecule is Nc1ccc(NC(=O)Nc2cccc3[nH]ccc23)cc1. The van der Waals surface area contributed by atoms with Gasteiger partial charge in [0.05, 0.1) is 5.69 Å². The number of carbonyl (C=O) groups is 1. The Hall–Kier alpha value is -2.95. The lowest BCUT2D eigenvalue weighted by Crippen LogP contribution is -2.19. The second kappa shape index (κ2) is 4.97. The number of fused-ring (bicyclic) bond motifs is 1. The third-order valence-electron chi connectivity index (χ3n) is 3.01. The average Bonchev–Trinajstić information content (AvgIpc) is 2.91. The van der Waals surface area contributed by atoms with E-state index in [1.165, 1.54) is 0 Å². The number of benzene rings is 2. The third kappa shape index (κ3) is 2.42. The van der Waals surface area contributed by atoms with Crippen LogP contribution in [0.3, 0.4) is 0 Å². The van der Waals surface area contributed by atoms with Gasteiger partial charge in [0.25, 0.3) is 0 Å². The molecule has 5 heteroatoms. The molecule has 0 radical (unpaired) electrons. The molecule has 0 saturated carbocycles. The summed E-state index contributed by atoms with van der Waals surface area (Å²) in [7, 11) is 0. The Morgan fingerprint density at radius 1 is 1.00 bits per heavy atom. The highest BCUT2D eigenvalue weighted by Gasteiger charge is 2.06. The number of H-pyrrole nitrogens is 1. The van der Waals surface area contributed by atoms with Crippen LogP contribution >= 0.6 is 0 Å². The van der Waals surface area contributed by atoms with Gasteiger partial charge in [-0.1, -0.05) is 6.07 Å². The molecule has 0 atom stereocenters. The van der Waals surface area contributed by atoms with Crippen molar-refractivity contribution in [2.45, 2.75) is 0 Å². The standard InChI is InChI=1S/C15H14N4O/c16-10-4-6-11(7-5-10)18-15(20)19-14-3-1-2-13-12(14)8-9-17-13/h1-9,17H,16H2,(H2,18,19,20). The Morgan fingerprint density at radius 2 is 1.80 bits per heavy atom. The van der Waals surface area contributed by atoms with Crippen molar-refractivity contribution in [1.82, 2.24) is 4.98 Å². The van der Waals surface area contributed by atoms with Gasteiger partial charge in [-0.15, -0.1) is 0 Å². The summed E-state index contributed by atoms with van der Waals surface area (Å²) in [4.78, 5) is 15.1. The quantitative estimate of drug-likeness (QED) is 0.536. The van der Waals surface area contributed by atoms with Gasteiger partial charge in [0.1, 0.15) is 0 Å². The number of aromatic amines is 1. The van der Waals surface area contributed by atoms with Gasteiger partial charge in [0.15, 0.2) is 0 Å². The molecule has 0 unspecified atom stereocenters. The van der Waals surface area contributed by atoms with Crippen molar-refractivity contribution in [3.8, 4) is 0 Å². The zero-order valence-electron chi connectivity index (χ0n) is 10.7. The molecule has 0 saturated heterocycles. The largest absolute Gasteiger partial charge is 0.399 e. The maximum Gasteiger partial charge on any atom is 0.323 e. The van der Waals surface area contributed by atoms with Gasteiger partial charge in [-0.25, -0.2) is 4.79 Å². The molecule has 0 aliphatic carbocycles. The van der Waals surface area contributed by atoms with Crippen LogP contribution in [0.5, 0.6) is 0 Å². The van der Waals surface area contributed by atoms with Crippen molar-refractivity contribution >= 4 is 34.0 Å². The van der Waals surface area contributed by atoms with E-state index in [-0.39, 0.29) is 6.03 Å². The fourth-order valence-corrected chi connectivity index (χ4v) is 2.05. The molecule has 2 aromatic carbocycles. The van der Waals surface area contributed by atoms with Crippen molar-refractivity contribution in [1.29, 1.82) is 0 Å². The van der Waals surface area contributed by atoms with E-state index < -0.39 is 0 Å². The summed E-state index contributed by atoms with van der Waals surface area (Å²) in [5, 5.41) is 6.56. The molecule has 0 aliphatic rings. The van der Waals surface area contributed by atoms with Gasteiger partial charge in [0, 0.05) is 28.5 Å². The molecular weight excluding hydrogens is 252 g/mol. The molecule has 1 aromatic heterocycles. The van der Waals surface area contributed by atoms with Gasteiger partial charge in [-0.2, -0.15) is 0 Å². The molecule has 0 bridgehead atoms. The molecule has 0 spiro atoms. The Morgan fingerprint density at radius 3 is 2.60 bits per heavy atom. The molecular formula is C15H14N4O. The van der Waals surface area contributed by atoms with E-state index in [1.807, 2.05) is 30.5 Å². The summed E-state index contributed by atoms with van der Waals surface area (Å²) in [6, 6.07) is 14.3. The van der Waals surface area contributed by atoms with Crippen LogP contribution in [-0.4, -0.2) is 11.0 Å². The third-order valence-corrected chi connectivity index (χ3v) is 3.01. The molecule has 3 aromatic rings. The first-order valence-corrected chi connectivity index (χ1v) is 6.22. The zero-order chi connectivity index (χ0) is 13.9. The molecule has 100 valence electrons. The summed E-state index contributed by atoms with van der Waals surface area (Å²) in [5.41, 5.74) is 8.69. The van der Waals surface area contributed by atoms with Crippen LogP contribution in [0.2, 0.25) is 0 Å². The zero-order valence-corrected chi connectivity index (χ0v) is 10.7. The molecule has 5 nitrogen and oxygen atoms in total. The van der Waals surface area contributed by atoms with E-state index in [4.69, 9.17) is 5.73 Å². The molecule has 0 aliphatic heterocycles. The van der Waals surface area contributed by atoms with Crippen LogP contribution in [0.4, 0.5) is 21.9 Å². The van der Waals surface area contributed by atoms with Crippen molar-refractivity contribution in [2.75, 3.05) is 16.4 Å². The number of nitrogens with one attached hydrogen (secondary N) is 3. The van der Waals surface area contributed by atoms with Crippen molar-refractivity contribution in [2.24, 2.45) is 0 Å². The lowest BCUT2D eigenvalue weighted by atomic mass is 10.2. The average molecular weight is 266 g/mol. The van der Waals surface area contributed by atoms with E-state index in [0.717, 1.165) is 16.6 Å². The van der Waals surface area contributed by atoms with Crippen molar-refractivity contribution in [3.63, 3.8) is 0 Å². The van der Waals surface area contributed by atoms with Gasteiger partial charge in [0.2, 0.25) is 0 Å². The number of urea groups is 1. The summed E-state index contributed by atoms with van der Waals surface area (Å²) < 4.78 is 0. The van der Waals surface area contributed by atoms with E-state index in [1.54, 1.807) is 24.3 Å². The monoisotopic (exact) mass is 266 g/mol. The minimum Gasteiger partial charge on any atom is -0.399 e. The van der Waals surface area contributed by atoms with Gasteiger partial charge >= 0.3 is 6.03 Å². The summed E-state index contributed by atoms with van der Waals surface area (Å²) in [6.45, 7) is 0. The van der Waals surface area contributed by atoms with Gasteiger partial charge in [-0.3, -0.25) is 0 Å². The first-order valence-electron chi connectivity index (χ1n) is 6.22. The van der Waals surface area contributed by atoms with Crippen LogP contribution in [0.25, 0.3) is 10.9 Å². The van der Waals surface area contributed by atoms with E-state index in [2.05, 4.69) is 15.6 Å². The Kier molecular flexibility index (Phi) is 3.01. The number of carbonyl (C=O) groups excluding carboxylic acids is 1. The van der Waals surface area contributed by atoms with E-state index in [0.29, 0.717) is 11.4 Å². The predicted octanol–water partition coefficient (Wildman–Crippen LogP) is 3.39. The number of hydrogen-bond donors (Lipinski definition) is 4. The van der Waals surface area contributed by atoms with Gasteiger partial charge in [-0.05, 0) is 42.5 Å². The second-order valence-corrected chi connectivity index (χ2v) is 4.45. The molecule has 3 rings (SSSR count). The number of aromatic nitrogens is 1. The summed E-state index contributed by atoms with van der Waals surface area (Å²) >= 11 is 0. The number of nitrogen functional groups attached to an aromatic ring is 1. The first-order chi connectivity index (χ1) is 9.72. The van der Waals surface area contributed by atoms with Crippen molar-refractivity contribution in [3.05, 3.63) is 54.7 Å². The van der Waals surface area contributed by atoms with E-state index >= 15 is 0 Å². The Bertz CT molecular complexity index is 746. The van der Waals surface area contributed by atoms with Crippen LogP contribution < -0.4 is 16.4 Å². The molecule has 0 fully saturated rings. The van der Waals surface area contributed by atoms with Crippen LogP contribution in [0, 0.1) is 0 Å². The van der Waals surface area contributed by atoms with Crippen LogP contribution in [0.15, 0.2) is 54.7 Å². The minimum absolute atomic E-state index is 0.288. The summed E-state index contributed by atoms with van der Waals surface area (Å²) in [6.07, 6.45) is 1.84. The van der Waals surface area contributed by atoms with Crippen molar-refractivity contribution < 1.29 is 4.79 Å². The van der Waals surface area contributed by atoms with E-state index in [9.17, 15) is 4.79 Å². The molecule has 5 N–H and O–H groups in total. The Balaban J connectivity index is 1.76. The fraction of sp³-hybridized carbons (Fsp3) is 0. The molecule has 2 amide bonds. The summed E-state index contributed by atoms with van der Waals surface area (Å²) in [5.74, 6) is 0. The maximum atomic E-state index is 12.0. The number of amides is 2. The molecule has 1 heterocycles. The highest BCUT2D eigenvalue weighted by atomic mass is 16.2. The second-order valence-electron chi connectivity index (χ2n) is 4.45. The normalized spacial score (nSPS) is 10.4. The van der Waals surface area contributed by atoms with Crippen LogP contribution in [0.1, 0.15) is 0 Å².